The third kappa shape index (κ3) is 3.24. The second-order valence-corrected chi connectivity index (χ2v) is 7.56. The topological polar surface area (TPSA) is 23.6 Å². The predicted octanol–water partition coefficient (Wildman–Crippen LogP) is 2.91. The molecule has 18 heavy (non-hydrogen) atoms. The van der Waals surface area contributed by atoms with E-state index in [1.54, 1.807) is 11.3 Å². The van der Waals surface area contributed by atoms with Gasteiger partial charge in [-0.05, 0) is 54.6 Å². The van der Waals surface area contributed by atoms with Crippen molar-refractivity contribution in [3.63, 3.8) is 0 Å². The number of likely N-dealkylation sites (N-methyl/N-ethyl adjacent to an activating group) is 2. The molecule has 1 aliphatic rings. The summed E-state index contributed by atoms with van der Waals surface area (Å²) < 4.78 is 1.17. The molecule has 1 atom stereocenters. The average Bonchev–Trinajstić information content (AvgIpc) is 2.96. The molecule has 1 unspecified atom stereocenters. The van der Waals surface area contributed by atoms with Gasteiger partial charge in [-0.3, -0.25) is 9.69 Å². The van der Waals surface area contributed by atoms with Crippen LogP contribution in [-0.2, 0) is 0 Å². The van der Waals surface area contributed by atoms with Gasteiger partial charge in [0.05, 0.1) is 8.45 Å². The van der Waals surface area contributed by atoms with Crippen LogP contribution in [0.4, 0.5) is 0 Å². The van der Waals surface area contributed by atoms with Crippen molar-refractivity contribution in [2.24, 2.45) is 0 Å². The second-order valence-electron chi connectivity index (χ2n) is 4.75. The lowest BCUT2D eigenvalue weighted by Gasteiger charge is -2.27. The van der Waals surface area contributed by atoms with Gasteiger partial charge in [0.25, 0.3) is 5.91 Å². The molecule has 2 heterocycles. The van der Waals surface area contributed by atoms with Crippen LogP contribution < -0.4 is 0 Å². The fourth-order valence-electron chi connectivity index (χ4n) is 2.56. The minimum Gasteiger partial charge on any atom is -0.340 e. The maximum Gasteiger partial charge on any atom is 0.254 e. The van der Waals surface area contributed by atoms with E-state index in [-0.39, 0.29) is 5.91 Å². The lowest BCUT2D eigenvalue weighted by atomic mass is 10.2. The van der Waals surface area contributed by atoms with Gasteiger partial charge in [-0.2, -0.15) is 0 Å². The highest BCUT2D eigenvalue weighted by molar-refractivity contribution is 14.1. The number of carbonyl (C=O) groups is 1. The summed E-state index contributed by atoms with van der Waals surface area (Å²) in [5.41, 5.74) is 0.827. The van der Waals surface area contributed by atoms with Gasteiger partial charge in [-0.1, -0.05) is 6.92 Å². The molecule has 0 aliphatic carbocycles. The van der Waals surface area contributed by atoms with Crippen LogP contribution in [0, 0.1) is 2.88 Å². The van der Waals surface area contributed by atoms with E-state index in [0.717, 1.165) is 18.7 Å². The van der Waals surface area contributed by atoms with Crippen molar-refractivity contribution < 1.29 is 4.79 Å². The molecule has 1 aliphatic heterocycles. The molecule has 0 saturated carbocycles. The maximum atomic E-state index is 12.3. The Morgan fingerprint density at radius 3 is 3.06 bits per heavy atom. The van der Waals surface area contributed by atoms with E-state index in [4.69, 9.17) is 0 Å². The molecule has 1 aromatic rings. The largest absolute Gasteiger partial charge is 0.340 e. The minimum atomic E-state index is 0.150. The van der Waals surface area contributed by atoms with E-state index in [9.17, 15) is 4.79 Å². The number of thiophene rings is 1. The van der Waals surface area contributed by atoms with Crippen molar-refractivity contribution in [2.45, 2.75) is 25.8 Å². The molecule has 5 heteroatoms. The first-order chi connectivity index (χ1) is 8.61. The highest BCUT2D eigenvalue weighted by Gasteiger charge is 2.26. The van der Waals surface area contributed by atoms with Crippen LogP contribution in [0.5, 0.6) is 0 Å². The van der Waals surface area contributed by atoms with E-state index < -0.39 is 0 Å². The molecule has 1 saturated heterocycles. The monoisotopic (exact) mass is 378 g/mol. The number of halogens is 1. The van der Waals surface area contributed by atoms with Gasteiger partial charge >= 0.3 is 0 Å². The quantitative estimate of drug-likeness (QED) is 0.753. The van der Waals surface area contributed by atoms with Gasteiger partial charge in [0.15, 0.2) is 0 Å². The molecule has 0 N–H and O–H groups in total. The van der Waals surface area contributed by atoms with Crippen LogP contribution in [0.2, 0.25) is 0 Å². The molecule has 3 nitrogen and oxygen atoms in total. The predicted molar refractivity (Wildman–Crippen MR) is 84.3 cm³/mol. The van der Waals surface area contributed by atoms with Gasteiger partial charge in [0, 0.05) is 25.0 Å². The zero-order valence-corrected chi connectivity index (χ0v) is 13.8. The smallest absolute Gasteiger partial charge is 0.254 e. The molecule has 1 fully saturated rings. The summed E-state index contributed by atoms with van der Waals surface area (Å²) in [6.45, 7) is 5.31. The molecule has 1 amide bonds. The van der Waals surface area contributed by atoms with Crippen LogP contribution in [0.15, 0.2) is 11.4 Å². The summed E-state index contributed by atoms with van der Waals surface area (Å²) in [6.07, 6.45) is 2.48. The number of hydrogen-bond donors (Lipinski definition) is 0. The van der Waals surface area contributed by atoms with Crippen molar-refractivity contribution in [2.75, 3.05) is 26.7 Å². The number of amides is 1. The lowest BCUT2D eigenvalue weighted by molar-refractivity contribution is 0.0755. The minimum absolute atomic E-state index is 0.150. The van der Waals surface area contributed by atoms with Crippen LogP contribution in [-0.4, -0.2) is 48.4 Å². The Bertz CT molecular complexity index is 421. The summed E-state index contributed by atoms with van der Waals surface area (Å²) in [4.78, 5) is 16.6. The fourth-order valence-corrected chi connectivity index (χ4v) is 3.88. The van der Waals surface area contributed by atoms with E-state index in [2.05, 4.69) is 34.4 Å². The van der Waals surface area contributed by atoms with Crippen LogP contribution >= 0.6 is 33.9 Å². The van der Waals surface area contributed by atoms with E-state index in [1.165, 1.54) is 22.3 Å². The Morgan fingerprint density at radius 1 is 1.67 bits per heavy atom. The molecule has 0 bridgehead atoms. The zero-order valence-electron chi connectivity index (χ0n) is 10.9. The van der Waals surface area contributed by atoms with Gasteiger partial charge < -0.3 is 4.90 Å². The number of rotatable bonds is 4. The molecule has 0 spiro atoms. The number of carbonyl (C=O) groups excluding carboxylic acids is 1. The van der Waals surface area contributed by atoms with Gasteiger partial charge in [-0.25, -0.2) is 0 Å². The molecule has 1 aromatic heterocycles. The van der Waals surface area contributed by atoms with Crippen molar-refractivity contribution in [1.29, 1.82) is 0 Å². The third-order valence-electron chi connectivity index (χ3n) is 3.55. The maximum absolute atomic E-state index is 12.3. The van der Waals surface area contributed by atoms with Crippen LogP contribution in [0.3, 0.4) is 0 Å². The normalized spacial score (nSPS) is 20.3. The van der Waals surface area contributed by atoms with Crippen LogP contribution in [0.25, 0.3) is 0 Å². The molecule has 2 rings (SSSR count). The van der Waals surface area contributed by atoms with E-state index in [1.807, 2.05) is 23.4 Å². The summed E-state index contributed by atoms with van der Waals surface area (Å²) in [5, 5.41) is 1.95. The molecular weight excluding hydrogens is 359 g/mol. The van der Waals surface area contributed by atoms with Crippen molar-refractivity contribution >= 4 is 39.8 Å². The highest BCUT2D eigenvalue weighted by atomic mass is 127. The SMILES string of the molecule is CCN1CCCC1CN(C)C(=O)c1csc(I)c1. The van der Waals surface area contributed by atoms with Crippen LogP contribution in [0.1, 0.15) is 30.1 Å². The molecule has 0 radical (unpaired) electrons. The first-order valence-electron chi connectivity index (χ1n) is 6.35. The van der Waals surface area contributed by atoms with Gasteiger partial charge in [0.2, 0.25) is 0 Å². The zero-order chi connectivity index (χ0) is 13.1. The Balaban J connectivity index is 1.95. The fraction of sp³-hybridized carbons (Fsp3) is 0.615. The summed E-state index contributed by atoms with van der Waals surface area (Å²) in [6, 6.07) is 2.51. The number of hydrogen-bond acceptors (Lipinski definition) is 3. The number of nitrogens with zero attached hydrogens (tertiary/aromatic N) is 2. The van der Waals surface area contributed by atoms with E-state index in [0.29, 0.717) is 6.04 Å². The average molecular weight is 378 g/mol. The Kier molecular flexibility index (Phi) is 5.03. The van der Waals surface area contributed by atoms with Crippen molar-refractivity contribution in [1.82, 2.24) is 9.80 Å². The third-order valence-corrected chi connectivity index (χ3v) is 5.34. The molecule has 100 valence electrons. The molecular formula is C13H19IN2OS. The Hall–Kier alpha value is -0.140. The Morgan fingerprint density at radius 2 is 2.44 bits per heavy atom. The van der Waals surface area contributed by atoms with Crippen molar-refractivity contribution in [3.05, 3.63) is 19.9 Å². The summed E-state index contributed by atoms with van der Waals surface area (Å²) >= 11 is 3.88. The summed E-state index contributed by atoms with van der Waals surface area (Å²) in [5.74, 6) is 0.150. The second kappa shape index (κ2) is 6.34. The highest BCUT2D eigenvalue weighted by Crippen LogP contribution is 2.20. The number of likely N-dealkylation sites (tertiary alicyclic amines) is 1. The van der Waals surface area contributed by atoms with Crippen molar-refractivity contribution in [3.8, 4) is 0 Å². The summed E-state index contributed by atoms with van der Waals surface area (Å²) in [7, 11) is 1.92. The van der Waals surface area contributed by atoms with E-state index >= 15 is 0 Å². The van der Waals surface area contributed by atoms with Gasteiger partial charge in [0.1, 0.15) is 0 Å². The van der Waals surface area contributed by atoms with Gasteiger partial charge in [-0.15, -0.1) is 11.3 Å². The lowest BCUT2D eigenvalue weighted by Crippen LogP contribution is -2.41. The molecule has 0 aromatic carbocycles. The Labute approximate surface area is 126 Å². The first kappa shape index (κ1) is 14.3. The first-order valence-corrected chi connectivity index (χ1v) is 8.31. The standard InChI is InChI=1S/C13H19IN2OS/c1-3-16-6-4-5-11(16)8-15(2)13(17)10-7-12(14)18-9-10/h7,9,11H,3-6,8H2,1-2H3.